The number of benzene rings is 2. The van der Waals surface area contributed by atoms with Gasteiger partial charge in [0.05, 0.1) is 11.5 Å². The number of aromatic nitrogens is 1. The molecule has 26 heavy (non-hydrogen) atoms. The molecule has 4 rings (SSSR count). The highest BCUT2D eigenvalue weighted by Crippen LogP contribution is 2.32. The number of hydrogen-bond acceptors (Lipinski definition) is 3. The quantitative estimate of drug-likeness (QED) is 0.708. The van der Waals surface area contributed by atoms with E-state index in [4.69, 9.17) is 4.74 Å². The first-order chi connectivity index (χ1) is 12.5. The van der Waals surface area contributed by atoms with Crippen LogP contribution in [-0.4, -0.2) is 30.4 Å². The molecule has 6 heteroatoms. The molecule has 0 spiro atoms. The lowest BCUT2D eigenvalue weighted by molar-refractivity contribution is 0.340. The van der Waals surface area contributed by atoms with Crippen molar-refractivity contribution in [3.05, 3.63) is 59.8 Å². The molecular formula is C20H22N2O3S. The standard InChI is InChI=1S/C20H22N2O3S/c1-3-25-15-8-10-16(11-9-15)26(23,24)22-13-12-20-18(14-22)17-6-4-5-7-19(17)21(20)2/h4-11H,3,12-14H2,1-2H3. The Labute approximate surface area is 153 Å². The number of fused-ring (bicyclic) bond motifs is 3. The van der Waals surface area contributed by atoms with Gasteiger partial charge in [-0.1, -0.05) is 18.2 Å². The maximum atomic E-state index is 13.1. The molecule has 0 N–H and O–H groups in total. The Morgan fingerprint density at radius 1 is 1.08 bits per heavy atom. The second-order valence-corrected chi connectivity index (χ2v) is 8.43. The van der Waals surface area contributed by atoms with Crippen molar-refractivity contribution in [2.75, 3.05) is 13.2 Å². The zero-order valence-electron chi connectivity index (χ0n) is 15.0. The average Bonchev–Trinajstić information content (AvgIpc) is 2.95. The molecule has 5 nitrogen and oxygen atoms in total. The van der Waals surface area contributed by atoms with Gasteiger partial charge in [-0.25, -0.2) is 8.42 Å². The average molecular weight is 370 g/mol. The van der Waals surface area contributed by atoms with Crippen molar-refractivity contribution >= 4 is 20.9 Å². The summed E-state index contributed by atoms with van der Waals surface area (Å²) >= 11 is 0. The molecule has 0 atom stereocenters. The molecule has 0 radical (unpaired) electrons. The Morgan fingerprint density at radius 2 is 1.81 bits per heavy atom. The number of nitrogens with zero attached hydrogens (tertiary/aromatic N) is 2. The van der Waals surface area contributed by atoms with Crippen LogP contribution < -0.4 is 4.74 Å². The summed E-state index contributed by atoms with van der Waals surface area (Å²) in [5, 5.41) is 1.14. The van der Waals surface area contributed by atoms with E-state index in [1.807, 2.05) is 19.1 Å². The topological polar surface area (TPSA) is 51.5 Å². The van der Waals surface area contributed by atoms with Gasteiger partial charge >= 0.3 is 0 Å². The van der Waals surface area contributed by atoms with Gasteiger partial charge in [-0.2, -0.15) is 4.31 Å². The van der Waals surface area contributed by atoms with E-state index in [-0.39, 0.29) is 0 Å². The fraction of sp³-hybridized carbons (Fsp3) is 0.300. The third-order valence-corrected chi connectivity index (χ3v) is 6.91. The van der Waals surface area contributed by atoms with Gasteiger partial charge in [0.2, 0.25) is 10.0 Å². The van der Waals surface area contributed by atoms with E-state index < -0.39 is 10.0 Å². The minimum atomic E-state index is -3.53. The van der Waals surface area contributed by atoms with E-state index in [0.717, 1.165) is 22.9 Å². The lowest BCUT2D eigenvalue weighted by Gasteiger charge is -2.27. The van der Waals surface area contributed by atoms with Crippen LogP contribution in [-0.2, 0) is 30.0 Å². The molecule has 1 aliphatic heterocycles. The Kier molecular flexibility index (Phi) is 4.25. The van der Waals surface area contributed by atoms with Crippen LogP contribution >= 0.6 is 0 Å². The smallest absolute Gasteiger partial charge is 0.243 e. The predicted octanol–water partition coefficient (Wildman–Crippen LogP) is 3.32. The van der Waals surface area contributed by atoms with Crippen LogP contribution in [0.4, 0.5) is 0 Å². The van der Waals surface area contributed by atoms with Crippen molar-refractivity contribution in [1.82, 2.24) is 8.87 Å². The second-order valence-electron chi connectivity index (χ2n) is 6.49. The first-order valence-corrected chi connectivity index (χ1v) is 10.2. The van der Waals surface area contributed by atoms with Crippen molar-refractivity contribution in [3.63, 3.8) is 0 Å². The van der Waals surface area contributed by atoms with Crippen LogP contribution in [0.2, 0.25) is 0 Å². The first-order valence-electron chi connectivity index (χ1n) is 8.80. The fourth-order valence-electron chi connectivity index (χ4n) is 3.73. The minimum absolute atomic E-state index is 0.310. The fourth-order valence-corrected chi connectivity index (χ4v) is 5.14. The largest absolute Gasteiger partial charge is 0.494 e. The third kappa shape index (κ3) is 2.70. The van der Waals surface area contributed by atoms with E-state index in [1.165, 1.54) is 5.69 Å². The molecule has 136 valence electrons. The highest BCUT2D eigenvalue weighted by Gasteiger charge is 2.31. The molecule has 1 aliphatic rings. The number of sulfonamides is 1. The van der Waals surface area contributed by atoms with Crippen LogP contribution in [0.5, 0.6) is 5.75 Å². The predicted molar refractivity (Wildman–Crippen MR) is 102 cm³/mol. The van der Waals surface area contributed by atoms with Gasteiger partial charge in [0.15, 0.2) is 0 Å². The van der Waals surface area contributed by atoms with Gasteiger partial charge in [0.1, 0.15) is 5.75 Å². The summed E-state index contributed by atoms with van der Waals surface area (Å²) in [6, 6.07) is 14.8. The minimum Gasteiger partial charge on any atom is -0.494 e. The molecular weight excluding hydrogens is 348 g/mol. The van der Waals surface area contributed by atoms with Gasteiger partial charge in [0.25, 0.3) is 0 Å². The lowest BCUT2D eigenvalue weighted by atomic mass is 10.1. The number of rotatable bonds is 4. The van der Waals surface area contributed by atoms with Gasteiger partial charge in [-0.3, -0.25) is 0 Å². The highest BCUT2D eigenvalue weighted by molar-refractivity contribution is 7.89. The maximum Gasteiger partial charge on any atom is 0.243 e. The zero-order chi connectivity index (χ0) is 18.3. The van der Waals surface area contributed by atoms with Crippen LogP contribution in [0.15, 0.2) is 53.4 Å². The molecule has 1 aromatic heterocycles. The summed E-state index contributed by atoms with van der Waals surface area (Å²) in [4.78, 5) is 0.310. The van der Waals surface area contributed by atoms with Gasteiger partial charge in [0, 0.05) is 43.2 Å². The van der Waals surface area contributed by atoms with Crippen LogP contribution in [0.25, 0.3) is 10.9 Å². The van der Waals surface area contributed by atoms with Crippen LogP contribution in [0.1, 0.15) is 18.2 Å². The Hall–Kier alpha value is -2.31. The van der Waals surface area contributed by atoms with E-state index in [2.05, 4.69) is 23.7 Å². The number of ether oxygens (including phenoxy) is 1. The summed E-state index contributed by atoms with van der Waals surface area (Å²) in [5.41, 5.74) is 3.49. The first kappa shape index (κ1) is 17.1. The number of hydrogen-bond donors (Lipinski definition) is 0. The Balaban J connectivity index is 1.68. The monoisotopic (exact) mass is 370 g/mol. The third-order valence-electron chi connectivity index (χ3n) is 5.05. The summed E-state index contributed by atoms with van der Waals surface area (Å²) < 4.78 is 35.3. The normalized spacial score (nSPS) is 15.2. The van der Waals surface area contributed by atoms with Crippen molar-refractivity contribution in [2.45, 2.75) is 24.8 Å². The summed E-state index contributed by atoms with van der Waals surface area (Å²) in [6.45, 7) is 3.36. The summed E-state index contributed by atoms with van der Waals surface area (Å²) in [6.07, 6.45) is 0.719. The maximum absolute atomic E-state index is 13.1. The van der Waals surface area contributed by atoms with Crippen LogP contribution in [0.3, 0.4) is 0 Å². The molecule has 3 aromatic rings. The van der Waals surface area contributed by atoms with E-state index in [9.17, 15) is 8.42 Å². The molecule has 0 saturated heterocycles. The molecule has 0 saturated carbocycles. The summed E-state index contributed by atoms with van der Waals surface area (Å²) in [7, 11) is -1.47. The number of aryl methyl sites for hydroxylation is 1. The van der Waals surface area contributed by atoms with Crippen molar-refractivity contribution in [3.8, 4) is 5.75 Å². The van der Waals surface area contributed by atoms with Crippen LogP contribution in [0, 0.1) is 0 Å². The molecule has 2 heterocycles. The lowest BCUT2D eigenvalue weighted by Crippen LogP contribution is -2.36. The van der Waals surface area contributed by atoms with E-state index in [1.54, 1.807) is 28.6 Å². The highest BCUT2D eigenvalue weighted by atomic mass is 32.2. The van der Waals surface area contributed by atoms with Crippen molar-refractivity contribution < 1.29 is 13.2 Å². The van der Waals surface area contributed by atoms with Gasteiger partial charge in [-0.15, -0.1) is 0 Å². The Morgan fingerprint density at radius 3 is 2.54 bits per heavy atom. The van der Waals surface area contributed by atoms with E-state index in [0.29, 0.717) is 30.3 Å². The molecule has 0 bridgehead atoms. The molecule has 0 unspecified atom stereocenters. The molecule has 2 aromatic carbocycles. The molecule has 0 fully saturated rings. The van der Waals surface area contributed by atoms with E-state index >= 15 is 0 Å². The summed E-state index contributed by atoms with van der Waals surface area (Å²) in [5.74, 6) is 0.682. The Bertz CT molecular complexity index is 1050. The molecule has 0 aliphatic carbocycles. The SMILES string of the molecule is CCOc1ccc(S(=O)(=O)N2CCc3c(c4ccccc4n3C)C2)cc1. The molecule has 0 amide bonds. The zero-order valence-corrected chi connectivity index (χ0v) is 15.8. The van der Waals surface area contributed by atoms with Gasteiger partial charge in [-0.05, 0) is 42.8 Å². The van der Waals surface area contributed by atoms with Crippen molar-refractivity contribution in [2.24, 2.45) is 7.05 Å². The van der Waals surface area contributed by atoms with Gasteiger partial charge < -0.3 is 9.30 Å². The van der Waals surface area contributed by atoms with Crippen molar-refractivity contribution in [1.29, 1.82) is 0 Å². The number of para-hydroxylation sites is 1. The second kappa shape index (κ2) is 6.45.